The number of pyridine rings is 1. The predicted octanol–water partition coefficient (Wildman–Crippen LogP) is 4.76. The molecule has 1 N–H and O–H groups in total. The average Bonchev–Trinajstić information content (AvgIpc) is 2.83. The first kappa shape index (κ1) is 23.8. The molecule has 0 aliphatic carbocycles. The maximum atomic E-state index is 12.9. The number of hydrogen-bond donors (Lipinski definition) is 1. The van der Waals surface area contributed by atoms with Gasteiger partial charge in [0.15, 0.2) is 29.1 Å². The third-order valence-corrected chi connectivity index (χ3v) is 5.13. The van der Waals surface area contributed by atoms with E-state index in [9.17, 15) is 14.7 Å². The number of Topliss-reactive ketones (excluding diaryl/α,β-unsaturated/α-hetero) is 1. The summed E-state index contributed by atoms with van der Waals surface area (Å²) in [5, 5.41) is 10.2. The number of ketones is 1. The number of carbonyl (C=O) groups is 2. The maximum absolute atomic E-state index is 12.9. The number of benzene rings is 2. The molecule has 7 nitrogen and oxygen atoms in total. The zero-order valence-corrected chi connectivity index (χ0v) is 18.8. The molecule has 0 bridgehead atoms. The number of hydrogen-bond acceptors (Lipinski definition) is 7. The van der Waals surface area contributed by atoms with Crippen LogP contribution in [0.4, 0.5) is 0 Å². The lowest BCUT2D eigenvalue weighted by Crippen LogP contribution is -2.29. The highest BCUT2D eigenvalue weighted by Crippen LogP contribution is 2.30. The third-order valence-electron chi connectivity index (χ3n) is 5.13. The van der Waals surface area contributed by atoms with Gasteiger partial charge in [-0.1, -0.05) is 55.5 Å². The number of esters is 1. The summed E-state index contributed by atoms with van der Waals surface area (Å²) in [5.41, 5.74) is 0.634. The van der Waals surface area contributed by atoms with Gasteiger partial charge in [-0.3, -0.25) is 9.59 Å². The molecule has 0 amide bonds. The van der Waals surface area contributed by atoms with Crippen LogP contribution in [0, 0.1) is 5.92 Å². The number of ether oxygens (including phenoxy) is 3. The van der Waals surface area contributed by atoms with Crippen molar-refractivity contribution in [2.24, 2.45) is 5.92 Å². The van der Waals surface area contributed by atoms with Crippen LogP contribution in [-0.2, 0) is 9.53 Å². The Balaban J connectivity index is 1.72. The molecule has 172 valence electrons. The zero-order valence-electron chi connectivity index (χ0n) is 18.8. The van der Waals surface area contributed by atoms with E-state index in [1.165, 1.54) is 19.4 Å². The normalized spacial score (nSPS) is 13.4. The van der Waals surface area contributed by atoms with Crippen molar-refractivity contribution in [1.82, 2.24) is 4.98 Å². The first-order valence-electron chi connectivity index (χ1n) is 10.6. The molecule has 0 aliphatic heterocycles. The third kappa shape index (κ3) is 6.10. The lowest BCUT2D eigenvalue weighted by molar-refractivity contribution is -0.158. The van der Waals surface area contributed by atoms with E-state index in [0.717, 1.165) is 5.56 Å². The molecule has 3 aromatic rings. The monoisotopic (exact) mass is 449 g/mol. The predicted molar refractivity (Wildman–Crippen MR) is 122 cm³/mol. The van der Waals surface area contributed by atoms with Gasteiger partial charge in [-0.05, 0) is 24.6 Å². The molecule has 1 heterocycles. The first-order valence-corrected chi connectivity index (χ1v) is 10.6. The minimum Gasteiger partial charge on any atom is -0.503 e. The number of methoxy groups -OCH3 is 1. The number of rotatable bonds is 10. The number of carbonyl (C=O) groups excluding carboxylic acids is 2. The van der Waals surface area contributed by atoms with Gasteiger partial charge in [0.05, 0.1) is 13.0 Å². The van der Waals surface area contributed by atoms with E-state index in [1.54, 1.807) is 6.92 Å². The molecule has 0 aliphatic rings. The van der Waals surface area contributed by atoms with Gasteiger partial charge in [0.2, 0.25) is 0 Å². The zero-order chi connectivity index (χ0) is 23.8. The van der Waals surface area contributed by atoms with E-state index in [2.05, 4.69) is 4.98 Å². The van der Waals surface area contributed by atoms with Crippen LogP contribution < -0.4 is 9.47 Å². The minimum atomic E-state index is -0.764. The van der Waals surface area contributed by atoms with Crippen molar-refractivity contribution in [2.75, 3.05) is 7.11 Å². The van der Waals surface area contributed by atoms with E-state index in [-0.39, 0.29) is 23.6 Å². The highest BCUT2D eigenvalue weighted by molar-refractivity contribution is 5.99. The van der Waals surface area contributed by atoms with Crippen molar-refractivity contribution in [2.45, 2.75) is 32.5 Å². The SMILES string of the molecule is COc1ccnc(C(=O)C[C@@H](C)C(=O)O[C@H](c2ccccc2)[C@@H](C)Oc2ccccc2)c1O. The van der Waals surface area contributed by atoms with E-state index in [1.807, 2.05) is 67.6 Å². The molecule has 0 fully saturated rings. The minimum absolute atomic E-state index is 0.139. The van der Waals surface area contributed by atoms with Crippen molar-refractivity contribution in [3.63, 3.8) is 0 Å². The van der Waals surface area contributed by atoms with Crippen molar-refractivity contribution >= 4 is 11.8 Å². The number of para-hydroxylation sites is 1. The molecule has 2 aromatic carbocycles. The molecule has 0 radical (unpaired) electrons. The van der Waals surface area contributed by atoms with E-state index in [0.29, 0.717) is 5.75 Å². The number of aromatic hydroxyl groups is 1. The van der Waals surface area contributed by atoms with Crippen LogP contribution in [0.2, 0.25) is 0 Å². The molecule has 33 heavy (non-hydrogen) atoms. The lowest BCUT2D eigenvalue weighted by Gasteiger charge is -2.26. The summed E-state index contributed by atoms with van der Waals surface area (Å²) in [4.78, 5) is 29.5. The van der Waals surface area contributed by atoms with Crippen LogP contribution >= 0.6 is 0 Å². The average molecular weight is 450 g/mol. The second kappa shape index (κ2) is 11.1. The van der Waals surface area contributed by atoms with Gasteiger partial charge in [0, 0.05) is 18.7 Å². The Labute approximate surface area is 193 Å². The fourth-order valence-corrected chi connectivity index (χ4v) is 3.36. The molecule has 0 spiro atoms. The summed E-state index contributed by atoms with van der Waals surface area (Å²) in [7, 11) is 1.38. The molecule has 7 heteroatoms. The molecule has 1 aromatic heterocycles. The van der Waals surface area contributed by atoms with Gasteiger partial charge in [-0.2, -0.15) is 0 Å². The molecule has 3 atom stereocenters. The Kier molecular flexibility index (Phi) is 8.02. The Morgan fingerprint density at radius 3 is 2.24 bits per heavy atom. The van der Waals surface area contributed by atoms with Crippen LogP contribution in [0.15, 0.2) is 72.9 Å². The van der Waals surface area contributed by atoms with Gasteiger partial charge >= 0.3 is 5.97 Å². The molecule has 0 saturated carbocycles. The van der Waals surface area contributed by atoms with Gasteiger partial charge < -0.3 is 19.3 Å². The summed E-state index contributed by atoms with van der Waals surface area (Å²) < 4.78 is 16.8. The fraction of sp³-hybridized carbons (Fsp3) is 0.269. The first-order chi connectivity index (χ1) is 15.9. The molecule has 0 unspecified atom stereocenters. The molecular formula is C26H27NO6. The molecular weight excluding hydrogens is 422 g/mol. The largest absolute Gasteiger partial charge is 0.503 e. The van der Waals surface area contributed by atoms with Crippen LogP contribution in [0.3, 0.4) is 0 Å². The fourth-order valence-electron chi connectivity index (χ4n) is 3.36. The second-order valence-corrected chi connectivity index (χ2v) is 7.64. The van der Waals surface area contributed by atoms with Crippen LogP contribution in [0.5, 0.6) is 17.2 Å². The van der Waals surface area contributed by atoms with Gasteiger partial charge in [0.25, 0.3) is 0 Å². The van der Waals surface area contributed by atoms with Crippen molar-refractivity contribution in [1.29, 1.82) is 0 Å². The second-order valence-electron chi connectivity index (χ2n) is 7.64. The summed E-state index contributed by atoms with van der Waals surface area (Å²) in [6, 6.07) is 20.0. The Morgan fingerprint density at radius 2 is 1.61 bits per heavy atom. The van der Waals surface area contributed by atoms with Crippen molar-refractivity contribution < 1.29 is 28.9 Å². The molecule has 3 rings (SSSR count). The molecule has 0 saturated heterocycles. The highest BCUT2D eigenvalue weighted by Gasteiger charge is 2.29. The summed E-state index contributed by atoms with van der Waals surface area (Å²) in [5.74, 6) is -1.36. The summed E-state index contributed by atoms with van der Waals surface area (Å²) in [6.45, 7) is 3.42. The lowest BCUT2D eigenvalue weighted by atomic mass is 10.0. The number of aromatic nitrogens is 1. The van der Waals surface area contributed by atoms with E-state index in [4.69, 9.17) is 14.2 Å². The van der Waals surface area contributed by atoms with Gasteiger partial charge in [-0.25, -0.2) is 4.98 Å². The van der Waals surface area contributed by atoms with Gasteiger partial charge in [0.1, 0.15) is 11.9 Å². The standard InChI is InChI=1S/C26H27NO6/c1-17(16-21(28)23-24(29)22(31-3)14-15-27-23)26(30)33-25(19-10-6-4-7-11-19)18(2)32-20-12-8-5-9-13-20/h4-15,17-18,25,29H,16H2,1-3H3/t17-,18-,25+/m1/s1. The summed E-state index contributed by atoms with van der Waals surface area (Å²) in [6.07, 6.45) is 0.0238. The Bertz CT molecular complexity index is 1070. The smallest absolute Gasteiger partial charge is 0.309 e. The topological polar surface area (TPSA) is 95.0 Å². The van der Waals surface area contributed by atoms with Crippen LogP contribution in [0.25, 0.3) is 0 Å². The van der Waals surface area contributed by atoms with Crippen LogP contribution in [0.1, 0.15) is 42.4 Å². The van der Waals surface area contributed by atoms with Crippen LogP contribution in [-0.4, -0.2) is 35.1 Å². The number of nitrogens with zero attached hydrogens (tertiary/aromatic N) is 1. The summed E-state index contributed by atoms with van der Waals surface area (Å²) >= 11 is 0. The highest BCUT2D eigenvalue weighted by atomic mass is 16.6. The van der Waals surface area contributed by atoms with Gasteiger partial charge in [-0.15, -0.1) is 0 Å². The van der Waals surface area contributed by atoms with E-state index < -0.39 is 29.9 Å². The quantitative estimate of drug-likeness (QED) is 0.352. The Hall–Kier alpha value is -3.87. The van der Waals surface area contributed by atoms with Crippen molar-refractivity contribution in [3.05, 3.63) is 84.2 Å². The van der Waals surface area contributed by atoms with Crippen molar-refractivity contribution in [3.8, 4) is 17.2 Å². The van der Waals surface area contributed by atoms with E-state index >= 15 is 0 Å². The maximum Gasteiger partial charge on any atom is 0.309 e. The Morgan fingerprint density at radius 1 is 0.970 bits per heavy atom.